The summed E-state index contributed by atoms with van der Waals surface area (Å²) in [4.78, 5) is 31.3. The largest absolute Gasteiger partial charge is 0.493 e. The number of carbonyl (C=O) groups excluding carboxylic acids is 1. The lowest BCUT2D eigenvalue weighted by Crippen LogP contribution is -2.27. The van der Waals surface area contributed by atoms with Crippen molar-refractivity contribution in [1.29, 1.82) is 0 Å². The fraction of sp³-hybridized carbons (Fsp3) is 0.389. The van der Waals surface area contributed by atoms with Gasteiger partial charge in [0.15, 0.2) is 11.5 Å². The van der Waals surface area contributed by atoms with Gasteiger partial charge in [0.1, 0.15) is 12.4 Å². The highest BCUT2D eigenvalue weighted by Gasteiger charge is 2.29. The van der Waals surface area contributed by atoms with Gasteiger partial charge in [0.2, 0.25) is 0 Å². The van der Waals surface area contributed by atoms with Crippen LogP contribution >= 0.6 is 0 Å². The van der Waals surface area contributed by atoms with E-state index < -0.39 is 0 Å². The molecule has 8 nitrogen and oxygen atoms in total. The third-order valence-corrected chi connectivity index (χ3v) is 4.46. The Balaban J connectivity index is 1.87. The molecule has 1 aliphatic heterocycles. The number of aryl methyl sites for hydroxylation is 1. The highest BCUT2D eigenvalue weighted by molar-refractivity contribution is 5.95. The Morgan fingerprint density at radius 2 is 2.08 bits per heavy atom. The van der Waals surface area contributed by atoms with Crippen LogP contribution < -0.4 is 20.8 Å². The highest BCUT2D eigenvalue weighted by Crippen LogP contribution is 2.29. The number of benzene rings is 1. The monoisotopic (exact) mass is 358 g/mol. The molecule has 0 aliphatic carbocycles. The molecule has 0 saturated heterocycles. The third-order valence-electron chi connectivity index (χ3n) is 4.46. The lowest BCUT2D eigenvalue weighted by molar-refractivity contribution is 0.0749. The van der Waals surface area contributed by atoms with Gasteiger partial charge in [-0.2, -0.15) is 0 Å². The molecule has 2 aromatic rings. The van der Waals surface area contributed by atoms with Crippen molar-refractivity contribution in [2.45, 2.75) is 20.0 Å². The van der Waals surface area contributed by atoms with Crippen molar-refractivity contribution in [3.8, 4) is 11.5 Å². The van der Waals surface area contributed by atoms with Gasteiger partial charge < -0.3 is 20.1 Å². The second-order valence-corrected chi connectivity index (χ2v) is 6.11. The molecular weight excluding hydrogens is 336 g/mol. The first kappa shape index (κ1) is 17.9. The topological polar surface area (TPSA) is 99.7 Å². The van der Waals surface area contributed by atoms with Crippen LogP contribution in [0.2, 0.25) is 0 Å². The van der Waals surface area contributed by atoms with Crippen LogP contribution in [0, 0.1) is 6.92 Å². The minimum Gasteiger partial charge on any atom is -0.493 e. The van der Waals surface area contributed by atoms with Crippen LogP contribution in [0.4, 0.5) is 0 Å². The number of ether oxygens (including phenoxy) is 2. The lowest BCUT2D eigenvalue weighted by atomic mass is 10.1. The van der Waals surface area contributed by atoms with Crippen molar-refractivity contribution >= 4 is 5.91 Å². The number of amides is 1. The van der Waals surface area contributed by atoms with Crippen molar-refractivity contribution in [2.75, 3.05) is 20.3 Å². The van der Waals surface area contributed by atoms with E-state index in [1.54, 1.807) is 37.1 Å². The molecule has 0 unspecified atom stereocenters. The predicted octanol–water partition coefficient (Wildman–Crippen LogP) is 0.591. The summed E-state index contributed by atoms with van der Waals surface area (Å²) in [6, 6.07) is 5.00. The van der Waals surface area contributed by atoms with E-state index in [-0.39, 0.29) is 18.0 Å². The average Bonchev–Trinajstić information content (AvgIpc) is 3.07. The molecular formula is C18H22N4O4. The van der Waals surface area contributed by atoms with Gasteiger partial charge in [-0.3, -0.25) is 14.2 Å². The van der Waals surface area contributed by atoms with E-state index in [4.69, 9.17) is 15.2 Å². The van der Waals surface area contributed by atoms with Gasteiger partial charge in [0.25, 0.3) is 11.5 Å². The summed E-state index contributed by atoms with van der Waals surface area (Å²) < 4.78 is 12.3. The van der Waals surface area contributed by atoms with E-state index in [9.17, 15) is 9.59 Å². The molecule has 2 N–H and O–H groups in total. The van der Waals surface area contributed by atoms with E-state index in [1.165, 1.54) is 11.7 Å². The molecule has 0 bridgehead atoms. The molecule has 2 heterocycles. The van der Waals surface area contributed by atoms with Gasteiger partial charge in [-0.1, -0.05) is 0 Å². The maximum Gasteiger partial charge on any atom is 0.258 e. The number of rotatable bonds is 5. The minimum atomic E-state index is -0.192. The smallest absolute Gasteiger partial charge is 0.258 e. The number of hydrogen-bond acceptors (Lipinski definition) is 6. The van der Waals surface area contributed by atoms with E-state index in [0.29, 0.717) is 53.8 Å². The number of hydrogen-bond donors (Lipinski definition) is 1. The van der Waals surface area contributed by atoms with E-state index in [0.717, 1.165) is 0 Å². The number of nitrogens with two attached hydrogens (primary N) is 1. The Bertz CT molecular complexity index is 907. The highest BCUT2D eigenvalue weighted by atomic mass is 16.5. The molecule has 1 aromatic heterocycles. The first-order chi connectivity index (χ1) is 12.5. The molecule has 3 rings (SSSR count). The van der Waals surface area contributed by atoms with E-state index in [2.05, 4.69) is 4.98 Å². The van der Waals surface area contributed by atoms with Gasteiger partial charge in [0.05, 0.1) is 31.5 Å². The molecule has 0 radical (unpaired) electrons. The van der Waals surface area contributed by atoms with Gasteiger partial charge in [-0.25, -0.2) is 4.98 Å². The molecule has 1 amide bonds. The number of carbonyl (C=O) groups is 1. The molecule has 1 aliphatic rings. The average molecular weight is 358 g/mol. The maximum absolute atomic E-state index is 12.9. The SMILES string of the molecule is COc1ccc(C(=O)N2Cc3nc(C)n(C)c(=O)c3C2)cc1OCCN. The van der Waals surface area contributed by atoms with Crippen LogP contribution in [0.3, 0.4) is 0 Å². The van der Waals surface area contributed by atoms with Gasteiger partial charge in [-0.15, -0.1) is 0 Å². The van der Waals surface area contributed by atoms with E-state index in [1.807, 2.05) is 0 Å². The third kappa shape index (κ3) is 3.15. The minimum absolute atomic E-state index is 0.107. The number of aromatic nitrogens is 2. The molecule has 0 fully saturated rings. The number of fused-ring (bicyclic) bond motifs is 1. The molecule has 1 aromatic carbocycles. The number of nitrogens with zero attached hydrogens (tertiary/aromatic N) is 3. The fourth-order valence-corrected chi connectivity index (χ4v) is 2.95. The zero-order valence-corrected chi connectivity index (χ0v) is 15.1. The zero-order chi connectivity index (χ0) is 18.8. The molecule has 8 heteroatoms. The normalized spacial score (nSPS) is 12.8. The Labute approximate surface area is 151 Å². The summed E-state index contributed by atoms with van der Waals surface area (Å²) in [5.74, 6) is 1.43. The summed E-state index contributed by atoms with van der Waals surface area (Å²) in [7, 11) is 3.22. The Hall–Kier alpha value is -2.87. The number of methoxy groups -OCH3 is 1. The summed E-state index contributed by atoms with van der Waals surface area (Å²) in [6.07, 6.45) is 0. The van der Waals surface area contributed by atoms with Crippen LogP contribution in [0.1, 0.15) is 27.4 Å². The van der Waals surface area contributed by atoms with Crippen molar-refractivity contribution in [2.24, 2.45) is 12.8 Å². The molecule has 0 spiro atoms. The van der Waals surface area contributed by atoms with Crippen molar-refractivity contribution in [3.63, 3.8) is 0 Å². The maximum atomic E-state index is 12.9. The molecule has 138 valence electrons. The molecule has 26 heavy (non-hydrogen) atoms. The Morgan fingerprint density at radius 1 is 1.31 bits per heavy atom. The summed E-state index contributed by atoms with van der Waals surface area (Å²) >= 11 is 0. The summed E-state index contributed by atoms with van der Waals surface area (Å²) in [5, 5.41) is 0. The van der Waals surface area contributed by atoms with Crippen molar-refractivity contribution < 1.29 is 14.3 Å². The van der Waals surface area contributed by atoms with Crippen LogP contribution in [0.25, 0.3) is 0 Å². The predicted molar refractivity (Wildman–Crippen MR) is 95.3 cm³/mol. The molecule has 0 atom stereocenters. The summed E-state index contributed by atoms with van der Waals surface area (Å²) in [5.41, 5.74) is 7.05. The lowest BCUT2D eigenvalue weighted by Gasteiger charge is -2.17. The first-order valence-electron chi connectivity index (χ1n) is 8.31. The van der Waals surface area contributed by atoms with Gasteiger partial charge >= 0.3 is 0 Å². The second-order valence-electron chi connectivity index (χ2n) is 6.11. The van der Waals surface area contributed by atoms with Crippen LogP contribution in [-0.4, -0.2) is 40.6 Å². The van der Waals surface area contributed by atoms with Crippen LogP contribution in [0.5, 0.6) is 11.5 Å². The van der Waals surface area contributed by atoms with Crippen LogP contribution in [0.15, 0.2) is 23.0 Å². The van der Waals surface area contributed by atoms with Gasteiger partial charge in [0, 0.05) is 19.2 Å². The molecule has 0 saturated carbocycles. The summed E-state index contributed by atoms with van der Waals surface area (Å²) in [6.45, 7) is 3.02. The fourth-order valence-electron chi connectivity index (χ4n) is 2.95. The Morgan fingerprint density at radius 3 is 2.77 bits per heavy atom. The van der Waals surface area contributed by atoms with Crippen molar-refractivity contribution in [1.82, 2.24) is 14.5 Å². The van der Waals surface area contributed by atoms with Crippen LogP contribution in [-0.2, 0) is 20.1 Å². The zero-order valence-electron chi connectivity index (χ0n) is 15.1. The van der Waals surface area contributed by atoms with E-state index >= 15 is 0 Å². The van der Waals surface area contributed by atoms with Gasteiger partial charge in [-0.05, 0) is 25.1 Å². The quantitative estimate of drug-likeness (QED) is 0.840. The first-order valence-corrected chi connectivity index (χ1v) is 8.31. The van der Waals surface area contributed by atoms with Crippen molar-refractivity contribution in [3.05, 3.63) is 51.2 Å². The standard InChI is InChI=1S/C18H22N4O4/c1-11-20-14-10-22(9-13(14)18(24)21(11)2)17(23)12-4-5-15(25-3)16(8-12)26-7-6-19/h4-5,8H,6-7,9-10,19H2,1-3H3. The Kier molecular flexibility index (Phi) is 4.94. The second kappa shape index (κ2) is 7.17.